The Kier molecular flexibility index (Phi) is 4.02. The van der Waals surface area contributed by atoms with E-state index in [0.29, 0.717) is 30.4 Å². The van der Waals surface area contributed by atoms with Gasteiger partial charge < -0.3 is 9.67 Å². The summed E-state index contributed by atoms with van der Waals surface area (Å²) >= 11 is 0. The number of aromatic nitrogens is 5. The molecule has 0 bridgehead atoms. The van der Waals surface area contributed by atoms with E-state index in [4.69, 9.17) is 5.11 Å². The molecule has 0 aliphatic rings. The second kappa shape index (κ2) is 5.91. The fourth-order valence-electron chi connectivity index (χ4n) is 2.97. The minimum Gasteiger partial charge on any atom is -0.480 e. The Bertz CT molecular complexity index is 1100. The summed E-state index contributed by atoms with van der Waals surface area (Å²) in [5.74, 6) is -0.309. The van der Waals surface area contributed by atoms with Gasteiger partial charge in [0.1, 0.15) is 6.54 Å². The summed E-state index contributed by atoms with van der Waals surface area (Å²) in [4.78, 5) is 40.9. The lowest BCUT2D eigenvalue weighted by atomic mass is 10.1. The standard InChI is InChI=1S/C16H21N5O4/c1-9(2)5-6-19-14(24)12-13(18(4)16(19)25)17-15-20(8-11(22)23)10(3)7-21(12)15/h7,9H,5-6,8H2,1-4H3,(H,22,23). The molecule has 3 aromatic heterocycles. The number of fused-ring (bicyclic) bond motifs is 3. The molecule has 0 amide bonds. The van der Waals surface area contributed by atoms with Crippen molar-refractivity contribution in [2.24, 2.45) is 13.0 Å². The highest BCUT2D eigenvalue weighted by Crippen LogP contribution is 2.16. The van der Waals surface area contributed by atoms with Gasteiger partial charge in [-0.05, 0) is 19.3 Å². The van der Waals surface area contributed by atoms with Crippen LogP contribution in [-0.4, -0.2) is 34.2 Å². The van der Waals surface area contributed by atoms with Crippen LogP contribution in [0.25, 0.3) is 16.9 Å². The van der Waals surface area contributed by atoms with Crippen LogP contribution in [0.15, 0.2) is 15.8 Å². The molecule has 0 spiro atoms. The topological polar surface area (TPSA) is 104 Å². The van der Waals surface area contributed by atoms with Crippen molar-refractivity contribution in [3.8, 4) is 0 Å². The fraction of sp³-hybridized carbons (Fsp3) is 0.500. The number of rotatable bonds is 5. The molecule has 3 rings (SSSR count). The second-order valence-electron chi connectivity index (χ2n) is 6.69. The van der Waals surface area contributed by atoms with E-state index in [1.165, 1.54) is 13.7 Å². The summed E-state index contributed by atoms with van der Waals surface area (Å²) in [5, 5.41) is 9.08. The minimum absolute atomic E-state index is 0.255. The Labute approximate surface area is 142 Å². The van der Waals surface area contributed by atoms with Gasteiger partial charge in [-0.15, -0.1) is 0 Å². The van der Waals surface area contributed by atoms with Crippen molar-refractivity contribution in [3.63, 3.8) is 0 Å². The first kappa shape index (κ1) is 17.0. The van der Waals surface area contributed by atoms with Crippen LogP contribution in [-0.2, 0) is 24.9 Å². The van der Waals surface area contributed by atoms with E-state index in [2.05, 4.69) is 4.98 Å². The molecule has 3 aromatic rings. The molecular weight excluding hydrogens is 326 g/mol. The lowest BCUT2D eigenvalue weighted by molar-refractivity contribution is -0.137. The highest BCUT2D eigenvalue weighted by molar-refractivity contribution is 5.76. The first-order chi connectivity index (χ1) is 11.7. The second-order valence-corrected chi connectivity index (χ2v) is 6.69. The highest BCUT2D eigenvalue weighted by Gasteiger charge is 2.20. The molecule has 0 aliphatic carbocycles. The molecule has 0 unspecified atom stereocenters. The summed E-state index contributed by atoms with van der Waals surface area (Å²) in [7, 11) is 1.57. The quantitative estimate of drug-likeness (QED) is 0.727. The molecule has 134 valence electrons. The van der Waals surface area contributed by atoms with Gasteiger partial charge in [0.2, 0.25) is 5.78 Å². The van der Waals surface area contributed by atoms with Crippen molar-refractivity contribution in [1.29, 1.82) is 0 Å². The molecule has 9 nitrogen and oxygen atoms in total. The third-order valence-corrected chi connectivity index (χ3v) is 4.36. The lowest BCUT2D eigenvalue weighted by Gasteiger charge is -2.09. The molecule has 0 radical (unpaired) electrons. The maximum Gasteiger partial charge on any atom is 0.332 e. The number of nitrogens with zero attached hydrogens (tertiary/aromatic N) is 5. The first-order valence-electron chi connectivity index (χ1n) is 8.12. The molecule has 0 aliphatic heterocycles. The Morgan fingerprint density at radius 2 is 1.96 bits per heavy atom. The summed E-state index contributed by atoms with van der Waals surface area (Å²) in [6, 6.07) is 0. The Morgan fingerprint density at radius 1 is 1.28 bits per heavy atom. The predicted octanol–water partition coefficient (Wildman–Crippen LogP) is 0.589. The van der Waals surface area contributed by atoms with Crippen LogP contribution in [0.1, 0.15) is 26.0 Å². The van der Waals surface area contributed by atoms with E-state index >= 15 is 0 Å². The summed E-state index contributed by atoms with van der Waals surface area (Å²) in [5.41, 5.74) is 0.394. The van der Waals surface area contributed by atoms with E-state index in [0.717, 1.165) is 0 Å². The minimum atomic E-state index is -1.00. The maximum atomic E-state index is 12.9. The maximum absolute atomic E-state index is 12.9. The molecule has 0 saturated carbocycles. The molecule has 0 aromatic carbocycles. The van der Waals surface area contributed by atoms with E-state index in [1.807, 2.05) is 13.8 Å². The number of hydrogen-bond acceptors (Lipinski definition) is 4. The Balaban J connectivity index is 2.34. The normalized spacial score (nSPS) is 11.9. The molecule has 25 heavy (non-hydrogen) atoms. The van der Waals surface area contributed by atoms with E-state index in [9.17, 15) is 14.4 Å². The van der Waals surface area contributed by atoms with Crippen LogP contribution in [0, 0.1) is 12.8 Å². The van der Waals surface area contributed by atoms with Crippen LogP contribution in [0.2, 0.25) is 0 Å². The predicted molar refractivity (Wildman–Crippen MR) is 92.0 cm³/mol. The van der Waals surface area contributed by atoms with E-state index < -0.39 is 17.2 Å². The zero-order chi connectivity index (χ0) is 18.5. The van der Waals surface area contributed by atoms with Crippen molar-refractivity contribution >= 4 is 22.9 Å². The number of carbonyl (C=O) groups is 1. The van der Waals surface area contributed by atoms with Crippen molar-refractivity contribution < 1.29 is 9.90 Å². The van der Waals surface area contributed by atoms with Crippen molar-refractivity contribution in [3.05, 3.63) is 32.7 Å². The molecular formula is C16H21N5O4. The number of imidazole rings is 2. The molecule has 1 N–H and O–H groups in total. The van der Waals surface area contributed by atoms with Crippen molar-refractivity contribution in [2.45, 2.75) is 40.3 Å². The van der Waals surface area contributed by atoms with Gasteiger partial charge in [-0.1, -0.05) is 13.8 Å². The average molecular weight is 347 g/mol. The van der Waals surface area contributed by atoms with Gasteiger partial charge in [0.05, 0.1) is 0 Å². The van der Waals surface area contributed by atoms with Gasteiger partial charge in [0.15, 0.2) is 11.2 Å². The largest absolute Gasteiger partial charge is 0.480 e. The van der Waals surface area contributed by atoms with Gasteiger partial charge in [-0.2, -0.15) is 4.98 Å². The van der Waals surface area contributed by atoms with Gasteiger partial charge in [0.25, 0.3) is 5.56 Å². The van der Waals surface area contributed by atoms with Crippen molar-refractivity contribution in [2.75, 3.05) is 0 Å². The molecule has 0 atom stereocenters. The monoisotopic (exact) mass is 347 g/mol. The zero-order valence-corrected chi connectivity index (χ0v) is 14.7. The van der Waals surface area contributed by atoms with Crippen LogP contribution >= 0.6 is 0 Å². The number of aryl methyl sites for hydroxylation is 2. The van der Waals surface area contributed by atoms with Crippen LogP contribution in [0.5, 0.6) is 0 Å². The number of aliphatic carboxylic acids is 1. The van der Waals surface area contributed by atoms with Crippen LogP contribution in [0.3, 0.4) is 0 Å². The number of carboxylic acids is 1. The lowest BCUT2D eigenvalue weighted by Crippen LogP contribution is -2.39. The SMILES string of the molecule is Cc1cn2c3c(=O)n(CCC(C)C)c(=O)n(C)c3nc2n1CC(=O)O. The summed E-state index contributed by atoms with van der Waals surface area (Å²) in [6.45, 7) is 5.88. The molecule has 3 heterocycles. The third kappa shape index (κ3) is 2.65. The van der Waals surface area contributed by atoms with Crippen molar-refractivity contribution in [1.82, 2.24) is 23.1 Å². The summed E-state index contributed by atoms with van der Waals surface area (Å²) in [6.07, 6.45) is 2.38. The van der Waals surface area contributed by atoms with Crippen LogP contribution < -0.4 is 11.2 Å². The molecule has 0 saturated heterocycles. The number of carboxylic acid groups (broad SMARTS) is 1. The summed E-state index contributed by atoms with van der Waals surface area (Å²) < 4.78 is 5.64. The Hall–Kier alpha value is -2.84. The highest BCUT2D eigenvalue weighted by atomic mass is 16.4. The molecule has 9 heteroatoms. The zero-order valence-electron chi connectivity index (χ0n) is 14.7. The number of hydrogen-bond donors (Lipinski definition) is 1. The fourth-order valence-corrected chi connectivity index (χ4v) is 2.97. The average Bonchev–Trinajstić information content (AvgIpc) is 3.01. The van der Waals surface area contributed by atoms with Crippen LogP contribution in [0.4, 0.5) is 0 Å². The van der Waals surface area contributed by atoms with Gasteiger partial charge in [0, 0.05) is 25.5 Å². The van der Waals surface area contributed by atoms with Gasteiger partial charge >= 0.3 is 11.7 Å². The molecule has 0 fully saturated rings. The van der Waals surface area contributed by atoms with E-state index in [-0.39, 0.29) is 17.7 Å². The third-order valence-electron chi connectivity index (χ3n) is 4.36. The Morgan fingerprint density at radius 3 is 2.56 bits per heavy atom. The van der Waals surface area contributed by atoms with Gasteiger partial charge in [-0.25, -0.2) is 4.79 Å². The first-order valence-corrected chi connectivity index (χ1v) is 8.12. The van der Waals surface area contributed by atoms with Gasteiger partial charge in [-0.3, -0.25) is 23.1 Å². The van der Waals surface area contributed by atoms with E-state index in [1.54, 1.807) is 24.6 Å². The smallest absolute Gasteiger partial charge is 0.332 e.